The first-order valence-corrected chi connectivity index (χ1v) is 31.5. The van der Waals surface area contributed by atoms with Crippen LogP contribution >= 0.6 is 12.0 Å². The Balaban J connectivity index is 0.941. The Hall–Kier alpha value is -8.79. The summed E-state index contributed by atoms with van der Waals surface area (Å²) in [6.07, 6.45) is 0. The molecular weight excluding hydrogens is 1260 g/mol. The highest BCUT2D eigenvalue weighted by atomic mass is 32.2. The molecule has 0 spiro atoms. The number of urea groups is 1. The van der Waals surface area contributed by atoms with Crippen molar-refractivity contribution < 1.29 is 103 Å². The smallest absolute Gasteiger partial charge is 0.322 e. The largest absolute Gasteiger partial charge is 0.323 e. The molecule has 0 fully saturated rings. The minimum absolute atomic E-state index is 0.00669. The lowest BCUT2D eigenvalue weighted by atomic mass is 10.1. The molecule has 35 heteroatoms. The number of carbonyl (C=O) groups is 5. The molecule has 0 bridgehead atoms. The molecule has 0 heterocycles. The van der Waals surface area contributed by atoms with Crippen molar-refractivity contribution in [2.24, 2.45) is 0 Å². The van der Waals surface area contributed by atoms with E-state index in [-0.39, 0.29) is 73.0 Å². The van der Waals surface area contributed by atoms with Gasteiger partial charge in [0.15, 0.2) is 0 Å². The fourth-order valence-corrected chi connectivity index (χ4v) is 12.3. The second-order valence-electron chi connectivity index (χ2n) is 18.1. The van der Waals surface area contributed by atoms with Gasteiger partial charge in [-0.3, -0.25) is 41.9 Å². The van der Waals surface area contributed by atoms with Crippen LogP contribution in [0.5, 0.6) is 0 Å². The first kappa shape index (κ1) is 63.2. The van der Waals surface area contributed by atoms with Gasteiger partial charge in [-0.15, -0.1) is 4.33 Å². The first-order chi connectivity index (χ1) is 40.1. The number of amides is 6. The predicted octanol–water partition coefficient (Wildman–Crippen LogP) is 7.92. The summed E-state index contributed by atoms with van der Waals surface area (Å²) < 4.78 is 176. The van der Waals surface area contributed by atoms with E-state index in [1.165, 1.54) is 84.9 Å². The normalized spacial score (nSPS) is 12.1. The van der Waals surface area contributed by atoms with E-state index in [4.69, 9.17) is 5.26 Å². The number of nitrogens with one attached hydrogen (secondary N) is 6. The minimum Gasteiger partial charge on any atom is -0.322 e. The van der Waals surface area contributed by atoms with E-state index in [0.29, 0.717) is 35.4 Å². The molecule has 0 aromatic heterocycles. The van der Waals surface area contributed by atoms with Crippen molar-refractivity contribution >= 4 is 148 Å². The maximum atomic E-state index is 13.8. The van der Waals surface area contributed by atoms with Gasteiger partial charge in [0, 0.05) is 71.4 Å². The van der Waals surface area contributed by atoms with Crippen LogP contribution in [-0.2, 0) is 60.0 Å². The molecule has 8 aromatic rings. The van der Waals surface area contributed by atoms with E-state index in [1.54, 1.807) is 13.8 Å². The molecule has 8 aromatic carbocycles. The molecule has 0 atom stereocenters. The molecule has 0 saturated heterocycles. The van der Waals surface area contributed by atoms with Gasteiger partial charge in [-0.25, -0.2) is 10.1 Å². The van der Waals surface area contributed by atoms with Gasteiger partial charge in [0.1, 0.15) is 14.7 Å². The Labute approximate surface area is 490 Å². The van der Waals surface area contributed by atoms with Crippen molar-refractivity contribution in [2.75, 3.05) is 31.9 Å². The average Bonchev–Trinajstić information content (AvgIpc) is 1.18. The van der Waals surface area contributed by atoms with Crippen molar-refractivity contribution in [2.45, 2.75) is 43.2 Å². The lowest BCUT2D eigenvalue weighted by Gasteiger charge is -2.16. The fourth-order valence-electron chi connectivity index (χ4n) is 8.41. The Morgan fingerprint density at radius 2 is 0.779 bits per heavy atom. The van der Waals surface area contributed by atoms with Crippen molar-refractivity contribution in [1.29, 1.82) is 0 Å². The molecule has 0 radical (unpaired) electrons. The van der Waals surface area contributed by atoms with Gasteiger partial charge in [-0.05, 0) is 134 Å². The maximum absolute atomic E-state index is 13.8. The van der Waals surface area contributed by atoms with E-state index in [1.807, 2.05) is 0 Å². The van der Waals surface area contributed by atoms with Crippen LogP contribution in [0.2, 0.25) is 0 Å². The van der Waals surface area contributed by atoms with Gasteiger partial charge in [-0.2, -0.15) is 42.1 Å². The zero-order valence-corrected chi connectivity index (χ0v) is 48.2. The number of carbonyl (C=O) groups excluding carboxylic acids is 5. The highest BCUT2D eigenvalue weighted by molar-refractivity contribution is 7.95. The third-order valence-corrected chi connectivity index (χ3v) is 17.4. The van der Waals surface area contributed by atoms with Crippen LogP contribution in [-0.4, -0.2) is 99.8 Å². The topological polar surface area (TPSA) is 468 Å². The van der Waals surface area contributed by atoms with E-state index < -0.39 is 127 Å². The highest BCUT2D eigenvalue weighted by Gasteiger charge is 2.29. The number of rotatable bonds is 18. The Kier molecular flexibility index (Phi) is 17.9. The van der Waals surface area contributed by atoms with E-state index in [2.05, 4.69) is 41.3 Å². The molecule has 0 aliphatic heterocycles. The second-order valence-corrected chi connectivity index (χ2v) is 25.9. The summed E-state index contributed by atoms with van der Waals surface area (Å²) in [4.78, 5) is 62.5. The van der Waals surface area contributed by atoms with Crippen LogP contribution in [0, 0.1) is 13.8 Å². The number of hydrogen-bond donors (Lipinski definition) is 12. The van der Waals surface area contributed by atoms with E-state index in [0.717, 1.165) is 24.3 Å². The lowest BCUT2D eigenvalue weighted by molar-refractivity contribution is -0.432. The van der Waals surface area contributed by atoms with Crippen LogP contribution in [0.3, 0.4) is 0 Å². The molecule has 0 unspecified atom stereocenters. The number of anilines is 6. The molecule has 8 rings (SSSR count). The minimum atomic E-state index is -5.44. The Morgan fingerprint density at radius 1 is 0.395 bits per heavy atom. The summed E-state index contributed by atoms with van der Waals surface area (Å²) in [5.74, 6) is -3.33. The molecule has 0 aliphatic rings. The predicted molar refractivity (Wildman–Crippen MR) is 307 cm³/mol. The monoisotopic (exact) mass is 1300 g/mol. The number of aryl methyl sites for hydroxylation is 2. The van der Waals surface area contributed by atoms with Crippen molar-refractivity contribution in [1.82, 2.24) is 0 Å². The average molecular weight is 1300 g/mol. The summed E-state index contributed by atoms with van der Waals surface area (Å²) in [5.41, 5.74) is 0.352. The van der Waals surface area contributed by atoms with Gasteiger partial charge in [0.2, 0.25) is 0 Å². The Bertz CT molecular complexity index is 4820. The molecule has 12 N–H and O–H groups in total. The van der Waals surface area contributed by atoms with Gasteiger partial charge in [0.05, 0.1) is 33.2 Å². The van der Waals surface area contributed by atoms with Crippen LogP contribution in [0.15, 0.2) is 163 Å². The summed E-state index contributed by atoms with van der Waals surface area (Å²) >= 11 is 0.145. The summed E-state index contributed by atoms with van der Waals surface area (Å²) in [6.45, 7) is 3.18. The zero-order valence-electron chi connectivity index (χ0n) is 43.3. The SMILES string of the molecule is Cc1ccc(C(=O)Nc2ccc(S(=O)(=O)O)c3cc(S(=O)(=O)O)cc(SOOO)c23)cc1NC(=O)c1cccc(NC(=O)Nc2cccc(C(=O)Nc3cc(C(=O)Nc4ccc(S(=O)(=O)O)c5cc(S(=O)(=O)O)cc(S(=O)(=O)O)c45)ccc3C)c2)c1. The molecule has 448 valence electrons. The summed E-state index contributed by atoms with van der Waals surface area (Å²) in [5, 5.41) is 25.4. The lowest BCUT2D eigenvalue weighted by Crippen LogP contribution is -2.21. The molecule has 0 saturated carbocycles. The maximum Gasteiger partial charge on any atom is 0.323 e. The summed E-state index contributed by atoms with van der Waals surface area (Å²) in [7, 11) is -26.0. The van der Waals surface area contributed by atoms with E-state index in [9.17, 15) is 88.8 Å². The molecule has 6 amide bonds. The summed E-state index contributed by atoms with van der Waals surface area (Å²) in [6, 6.07) is 24.2. The zero-order chi connectivity index (χ0) is 63.0. The quantitative estimate of drug-likeness (QED) is 0.0168. The third kappa shape index (κ3) is 14.5. The highest BCUT2D eigenvalue weighted by Crippen LogP contribution is 2.41. The second kappa shape index (κ2) is 24.3. The molecule has 0 aliphatic carbocycles. The fraction of sp³-hybridized carbons (Fsp3) is 0.0392. The van der Waals surface area contributed by atoms with Crippen LogP contribution in [0.1, 0.15) is 52.6 Å². The van der Waals surface area contributed by atoms with Gasteiger partial charge < -0.3 is 31.9 Å². The molecule has 29 nitrogen and oxygen atoms in total. The standard InChI is InChI=1S/C51H40N6O23S6/c1-25-9-11-29(49(60)54-37-13-15-42(84(70,71)72)35-21-33(82(64,65)66)23-41(45(35)37)81-80-79-63)19-39(25)56-47(58)27-5-3-7-31(17-27)52-51(62)53-32-8-4-6-28(18-32)48(59)57-40-20-30(12-10-26(40)2)50(61)55-38-14-16-43(85(73,74)75)36-22-34(83(67,68)69)24-44(46(36)38)86(76,77)78/h3-24,63H,1-2H3,(H,54,60)(H,55,61)(H,56,58)(H,57,59)(H2,52,53,62)(H,64,65,66)(H,67,68,69)(H,70,71,72)(H,73,74,75)(H,76,77,78). The number of hydrogen-bond acceptors (Lipinski definition) is 19. The third-order valence-electron chi connectivity index (χ3n) is 12.4. The van der Waals surface area contributed by atoms with Crippen LogP contribution < -0.4 is 31.9 Å². The van der Waals surface area contributed by atoms with Crippen molar-refractivity contribution in [3.05, 3.63) is 167 Å². The van der Waals surface area contributed by atoms with Gasteiger partial charge in [0.25, 0.3) is 74.2 Å². The van der Waals surface area contributed by atoms with Gasteiger partial charge in [-0.1, -0.05) is 29.3 Å². The number of fused-ring (bicyclic) bond motifs is 2. The van der Waals surface area contributed by atoms with Crippen molar-refractivity contribution in [3.8, 4) is 0 Å². The Morgan fingerprint density at radius 3 is 1.19 bits per heavy atom. The number of benzene rings is 8. The first-order valence-electron chi connectivity index (χ1n) is 23.6. The van der Waals surface area contributed by atoms with Gasteiger partial charge >= 0.3 is 6.03 Å². The van der Waals surface area contributed by atoms with Crippen molar-refractivity contribution in [3.63, 3.8) is 0 Å². The van der Waals surface area contributed by atoms with E-state index >= 15 is 0 Å². The molecule has 86 heavy (non-hydrogen) atoms. The van der Waals surface area contributed by atoms with Crippen LogP contribution in [0.4, 0.5) is 38.9 Å². The van der Waals surface area contributed by atoms with Crippen LogP contribution in [0.25, 0.3) is 21.5 Å². The molecular formula is C51H40N6O23S6.